The Bertz CT molecular complexity index is 504. The maximum Gasteiger partial charge on any atom is 0.307 e. The molecule has 0 saturated carbocycles. The molecule has 6 heteroatoms. The molecule has 2 unspecified atom stereocenters. The summed E-state index contributed by atoms with van der Waals surface area (Å²) >= 11 is 2.21. The van der Waals surface area contributed by atoms with Crippen molar-refractivity contribution in [2.75, 3.05) is 18.4 Å². The van der Waals surface area contributed by atoms with Crippen LogP contribution in [-0.4, -0.2) is 41.0 Å². The van der Waals surface area contributed by atoms with Crippen LogP contribution >= 0.6 is 22.6 Å². The Labute approximate surface area is 131 Å². The standard InChI is InChI=1S/C14H17IN2O3/c1-9(17-7-6-10(8-17)14(19)20)13(18)16-12-4-2-11(15)3-5-12/h2-5,9-10H,6-8H2,1H3,(H,16,18)(H,19,20). The molecular formula is C14H17IN2O3. The van der Waals surface area contributed by atoms with Gasteiger partial charge in [0.25, 0.3) is 0 Å². The van der Waals surface area contributed by atoms with Gasteiger partial charge < -0.3 is 10.4 Å². The van der Waals surface area contributed by atoms with E-state index in [1.54, 1.807) is 0 Å². The van der Waals surface area contributed by atoms with Crippen molar-refractivity contribution in [3.05, 3.63) is 27.8 Å². The molecule has 1 fully saturated rings. The number of likely N-dealkylation sites (tertiary alicyclic amines) is 1. The zero-order valence-electron chi connectivity index (χ0n) is 11.2. The minimum absolute atomic E-state index is 0.0998. The molecule has 0 radical (unpaired) electrons. The first-order chi connectivity index (χ1) is 9.47. The van der Waals surface area contributed by atoms with Crippen molar-refractivity contribution < 1.29 is 14.7 Å². The summed E-state index contributed by atoms with van der Waals surface area (Å²) in [6.07, 6.45) is 0.608. The molecule has 20 heavy (non-hydrogen) atoms. The molecule has 108 valence electrons. The van der Waals surface area contributed by atoms with Gasteiger partial charge in [0.1, 0.15) is 0 Å². The summed E-state index contributed by atoms with van der Waals surface area (Å²) in [5, 5.41) is 11.8. The van der Waals surface area contributed by atoms with Gasteiger partial charge in [-0.2, -0.15) is 0 Å². The van der Waals surface area contributed by atoms with Gasteiger partial charge in [-0.05, 0) is 66.7 Å². The summed E-state index contributed by atoms with van der Waals surface area (Å²) in [5.74, 6) is -1.24. The van der Waals surface area contributed by atoms with E-state index < -0.39 is 5.97 Å². The molecule has 2 atom stereocenters. The van der Waals surface area contributed by atoms with Crippen LogP contribution in [0, 0.1) is 9.49 Å². The van der Waals surface area contributed by atoms with Crippen LogP contribution in [0.15, 0.2) is 24.3 Å². The second-order valence-corrected chi connectivity index (χ2v) is 6.24. The number of nitrogens with one attached hydrogen (secondary N) is 1. The van der Waals surface area contributed by atoms with Gasteiger partial charge in [0, 0.05) is 15.8 Å². The molecule has 1 aromatic rings. The second kappa shape index (κ2) is 6.53. The summed E-state index contributed by atoms with van der Waals surface area (Å²) < 4.78 is 1.11. The zero-order chi connectivity index (χ0) is 14.7. The van der Waals surface area contributed by atoms with Gasteiger partial charge in [0.2, 0.25) is 5.91 Å². The molecule has 0 aliphatic carbocycles. The maximum atomic E-state index is 12.2. The molecule has 1 aromatic carbocycles. The van der Waals surface area contributed by atoms with E-state index >= 15 is 0 Å². The lowest BCUT2D eigenvalue weighted by atomic mass is 10.1. The Hall–Kier alpha value is -1.15. The fourth-order valence-corrected chi connectivity index (χ4v) is 2.65. The van der Waals surface area contributed by atoms with Crippen molar-refractivity contribution in [3.8, 4) is 0 Å². The summed E-state index contributed by atoms with van der Waals surface area (Å²) in [6.45, 7) is 2.90. The molecule has 0 bridgehead atoms. The highest BCUT2D eigenvalue weighted by atomic mass is 127. The smallest absolute Gasteiger partial charge is 0.307 e. The monoisotopic (exact) mass is 388 g/mol. The maximum absolute atomic E-state index is 12.2. The van der Waals surface area contributed by atoms with Crippen molar-refractivity contribution in [1.29, 1.82) is 0 Å². The number of carboxylic acids is 1. The number of carbonyl (C=O) groups excluding carboxylic acids is 1. The fourth-order valence-electron chi connectivity index (χ4n) is 2.29. The third-order valence-electron chi connectivity index (χ3n) is 3.61. The van der Waals surface area contributed by atoms with Crippen molar-refractivity contribution in [3.63, 3.8) is 0 Å². The van der Waals surface area contributed by atoms with Gasteiger partial charge in [0.05, 0.1) is 12.0 Å². The van der Waals surface area contributed by atoms with E-state index in [2.05, 4.69) is 27.9 Å². The topological polar surface area (TPSA) is 69.6 Å². The quantitative estimate of drug-likeness (QED) is 0.775. The summed E-state index contributed by atoms with van der Waals surface area (Å²) in [7, 11) is 0. The van der Waals surface area contributed by atoms with Crippen molar-refractivity contribution in [1.82, 2.24) is 4.90 Å². The molecular weight excluding hydrogens is 371 g/mol. The Morgan fingerprint density at radius 2 is 2.05 bits per heavy atom. The number of amides is 1. The predicted octanol–water partition coefficient (Wildman–Crippen LogP) is 2.02. The average Bonchev–Trinajstić information content (AvgIpc) is 2.90. The van der Waals surface area contributed by atoms with E-state index in [0.717, 1.165) is 9.26 Å². The predicted molar refractivity (Wildman–Crippen MR) is 84.6 cm³/mol. The van der Waals surface area contributed by atoms with Crippen molar-refractivity contribution in [2.24, 2.45) is 5.92 Å². The van der Waals surface area contributed by atoms with Crippen LogP contribution in [-0.2, 0) is 9.59 Å². The van der Waals surface area contributed by atoms with Crippen LogP contribution in [0.5, 0.6) is 0 Å². The summed E-state index contributed by atoms with van der Waals surface area (Å²) in [5.41, 5.74) is 0.760. The normalized spacial score (nSPS) is 20.6. The Balaban J connectivity index is 1.92. The lowest BCUT2D eigenvalue weighted by Crippen LogP contribution is -2.41. The number of aliphatic carboxylic acids is 1. The molecule has 0 spiro atoms. The van der Waals surface area contributed by atoms with E-state index in [1.807, 2.05) is 36.1 Å². The highest BCUT2D eigenvalue weighted by Gasteiger charge is 2.33. The SMILES string of the molecule is CC(C(=O)Nc1ccc(I)cc1)N1CCC(C(=O)O)C1. The Morgan fingerprint density at radius 3 is 2.60 bits per heavy atom. The van der Waals surface area contributed by atoms with Gasteiger partial charge in [-0.1, -0.05) is 0 Å². The van der Waals surface area contributed by atoms with Crippen molar-refractivity contribution >= 4 is 40.2 Å². The number of halogens is 1. The van der Waals surface area contributed by atoms with Gasteiger partial charge in [-0.3, -0.25) is 14.5 Å². The third-order valence-corrected chi connectivity index (χ3v) is 4.33. The van der Waals surface area contributed by atoms with Gasteiger partial charge in [-0.25, -0.2) is 0 Å². The number of rotatable bonds is 4. The minimum atomic E-state index is -0.780. The molecule has 2 N–H and O–H groups in total. The highest BCUT2D eigenvalue weighted by Crippen LogP contribution is 2.20. The van der Waals surface area contributed by atoms with Gasteiger partial charge in [0.15, 0.2) is 0 Å². The number of hydrogen-bond acceptors (Lipinski definition) is 3. The molecule has 1 amide bonds. The first-order valence-corrected chi connectivity index (χ1v) is 7.58. The molecule has 5 nitrogen and oxygen atoms in total. The van der Waals surface area contributed by atoms with Crippen LogP contribution < -0.4 is 5.32 Å². The number of carboxylic acid groups (broad SMARTS) is 1. The highest BCUT2D eigenvalue weighted by molar-refractivity contribution is 14.1. The fraction of sp³-hybridized carbons (Fsp3) is 0.429. The molecule has 1 aliphatic rings. The number of hydrogen-bond donors (Lipinski definition) is 2. The van der Waals surface area contributed by atoms with Crippen LogP contribution in [0.3, 0.4) is 0 Å². The molecule has 1 aliphatic heterocycles. The van der Waals surface area contributed by atoms with Crippen LogP contribution in [0.25, 0.3) is 0 Å². The summed E-state index contributed by atoms with van der Waals surface area (Å²) in [6, 6.07) is 7.25. The lowest BCUT2D eigenvalue weighted by Gasteiger charge is -2.23. The average molecular weight is 388 g/mol. The number of anilines is 1. The molecule has 1 heterocycles. The number of nitrogens with zero attached hydrogens (tertiary/aromatic N) is 1. The van der Waals surface area contributed by atoms with Crippen LogP contribution in [0.4, 0.5) is 5.69 Å². The molecule has 0 aromatic heterocycles. The number of benzene rings is 1. The Morgan fingerprint density at radius 1 is 1.40 bits per heavy atom. The van der Waals surface area contributed by atoms with Crippen LogP contribution in [0.2, 0.25) is 0 Å². The van der Waals surface area contributed by atoms with Crippen molar-refractivity contribution in [2.45, 2.75) is 19.4 Å². The minimum Gasteiger partial charge on any atom is -0.481 e. The number of carbonyl (C=O) groups is 2. The van der Waals surface area contributed by atoms with E-state index in [1.165, 1.54) is 0 Å². The molecule has 1 saturated heterocycles. The third kappa shape index (κ3) is 3.69. The van der Waals surface area contributed by atoms with Gasteiger partial charge in [-0.15, -0.1) is 0 Å². The molecule has 2 rings (SSSR count). The lowest BCUT2D eigenvalue weighted by molar-refractivity contribution is -0.141. The van der Waals surface area contributed by atoms with E-state index in [9.17, 15) is 9.59 Å². The first kappa shape index (κ1) is 15.2. The van der Waals surface area contributed by atoms with E-state index in [-0.39, 0.29) is 17.9 Å². The largest absolute Gasteiger partial charge is 0.481 e. The second-order valence-electron chi connectivity index (χ2n) is 4.99. The van der Waals surface area contributed by atoms with Crippen LogP contribution in [0.1, 0.15) is 13.3 Å². The van der Waals surface area contributed by atoms with E-state index in [4.69, 9.17) is 5.11 Å². The Kier molecular flexibility index (Phi) is 4.98. The summed E-state index contributed by atoms with van der Waals surface area (Å²) in [4.78, 5) is 25.0. The van der Waals surface area contributed by atoms with E-state index in [0.29, 0.717) is 19.5 Å². The van der Waals surface area contributed by atoms with Gasteiger partial charge >= 0.3 is 5.97 Å². The zero-order valence-corrected chi connectivity index (χ0v) is 13.3. The first-order valence-electron chi connectivity index (χ1n) is 6.50.